The van der Waals surface area contributed by atoms with E-state index in [0.717, 1.165) is 11.3 Å². The molecule has 0 fully saturated rings. The molecule has 0 amide bonds. The van der Waals surface area contributed by atoms with Crippen molar-refractivity contribution in [1.82, 2.24) is 14.9 Å². The van der Waals surface area contributed by atoms with E-state index < -0.39 is 10.0 Å². The molecule has 0 saturated carbocycles. The fourth-order valence-electron chi connectivity index (χ4n) is 2.27. The Morgan fingerprint density at radius 2 is 1.79 bits per heavy atom. The van der Waals surface area contributed by atoms with E-state index in [1.54, 1.807) is 25.1 Å². The van der Waals surface area contributed by atoms with Crippen LogP contribution in [-0.2, 0) is 10.0 Å². The number of sulfonamides is 1. The van der Waals surface area contributed by atoms with Gasteiger partial charge in [-0.2, -0.15) is 5.10 Å². The van der Waals surface area contributed by atoms with Crippen LogP contribution in [0.1, 0.15) is 16.8 Å². The number of hydrogen-bond donors (Lipinski definition) is 2. The van der Waals surface area contributed by atoms with E-state index in [2.05, 4.69) is 20.2 Å². The van der Waals surface area contributed by atoms with E-state index in [9.17, 15) is 8.42 Å². The molecule has 7 nitrogen and oxygen atoms in total. The standard InChI is InChI=1S/C16H22N4O3S/c1-11-9-12(2)15(10-14(11)23-4)24(21,22)18-8-7-17-16-6-5-13(3)19-20-16/h5-6,9-10,18H,7-8H2,1-4H3,(H,17,20). The summed E-state index contributed by atoms with van der Waals surface area (Å²) in [4.78, 5) is 0.222. The first-order valence-electron chi connectivity index (χ1n) is 7.52. The van der Waals surface area contributed by atoms with Gasteiger partial charge in [0.25, 0.3) is 0 Å². The van der Waals surface area contributed by atoms with Crippen LogP contribution in [0.5, 0.6) is 5.75 Å². The molecule has 0 saturated heterocycles. The Hall–Kier alpha value is -2.19. The molecule has 2 aromatic rings. The number of rotatable bonds is 7. The molecule has 1 aromatic carbocycles. The van der Waals surface area contributed by atoms with Crippen LogP contribution in [0.4, 0.5) is 5.82 Å². The number of nitrogens with one attached hydrogen (secondary N) is 2. The second-order valence-electron chi connectivity index (χ2n) is 5.47. The summed E-state index contributed by atoms with van der Waals surface area (Å²) < 4.78 is 32.7. The van der Waals surface area contributed by atoms with Crippen molar-refractivity contribution in [1.29, 1.82) is 0 Å². The second kappa shape index (κ2) is 7.59. The summed E-state index contributed by atoms with van der Waals surface area (Å²) in [7, 11) is -2.09. The molecule has 0 aliphatic rings. The molecule has 2 N–H and O–H groups in total. The minimum absolute atomic E-state index is 0.222. The predicted molar refractivity (Wildman–Crippen MR) is 92.9 cm³/mol. The maximum Gasteiger partial charge on any atom is 0.241 e. The van der Waals surface area contributed by atoms with Gasteiger partial charge in [0.1, 0.15) is 11.6 Å². The van der Waals surface area contributed by atoms with Gasteiger partial charge in [0.15, 0.2) is 0 Å². The van der Waals surface area contributed by atoms with Crippen molar-refractivity contribution in [3.63, 3.8) is 0 Å². The zero-order chi connectivity index (χ0) is 17.7. The molecule has 0 atom stereocenters. The molecule has 24 heavy (non-hydrogen) atoms. The Labute approximate surface area is 142 Å². The highest BCUT2D eigenvalue weighted by Gasteiger charge is 2.18. The number of ether oxygens (including phenoxy) is 1. The number of nitrogens with zero attached hydrogens (tertiary/aromatic N) is 2. The molecule has 0 spiro atoms. The van der Waals surface area contributed by atoms with Gasteiger partial charge >= 0.3 is 0 Å². The molecule has 0 unspecified atom stereocenters. The van der Waals surface area contributed by atoms with Crippen molar-refractivity contribution >= 4 is 15.8 Å². The number of aryl methyl sites for hydroxylation is 3. The number of hydrogen-bond acceptors (Lipinski definition) is 6. The normalized spacial score (nSPS) is 11.3. The zero-order valence-corrected chi connectivity index (χ0v) is 15.1. The minimum Gasteiger partial charge on any atom is -0.496 e. The quantitative estimate of drug-likeness (QED) is 0.740. The first-order chi connectivity index (χ1) is 11.3. The van der Waals surface area contributed by atoms with Crippen molar-refractivity contribution < 1.29 is 13.2 Å². The van der Waals surface area contributed by atoms with Gasteiger partial charge in [-0.05, 0) is 44.0 Å². The third kappa shape index (κ3) is 4.42. The highest BCUT2D eigenvalue weighted by atomic mass is 32.2. The van der Waals surface area contributed by atoms with Gasteiger partial charge in [0, 0.05) is 19.2 Å². The molecule has 0 aliphatic heterocycles. The topological polar surface area (TPSA) is 93.2 Å². The molecular formula is C16H22N4O3S. The number of aromatic nitrogens is 2. The fourth-order valence-corrected chi connectivity index (χ4v) is 3.54. The van der Waals surface area contributed by atoms with Crippen molar-refractivity contribution in [2.75, 3.05) is 25.5 Å². The SMILES string of the molecule is COc1cc(S(=O)(=O)NCCNc2ccc(C)nn2)c(C)cc1C. The van der Waals surface area contributed by atoms with Gasteiger partial charge in [0.2, 0.25) is 10.0 Å². The van der Waals surface area contributed by atoms with Gasteiger partial charge in [0.05, 0.1) is 17.7 Å². The van der Waals surface area contributed by atoms with Crippen molar-refractivity contribution in [2.45, 2.75) is 25.7 Å². The predicted octanol–water partition coefficient (Wildman–Crippen LogP) is 1.80. The van der Waals surface area contributed by atoms with Gasteiger partial charge in [-0.1, -0.05) is 6.07 Å². The van der Waals surface area contributed by atoms with Gasteiger partial charge in [-0.25, -0.2) is 13.1 Å². The Bertz CT molecular complexity index is 805. The molecule has 8 heteroatoms. The third-order valence-electron chi connectivity index (χ3n) is 3.50. The highest BCUT2D eigenvalue weighted by molar-refractivity contribution is 7.89. The van der Waals surface area contributed by atoms with Gasteiger partial charge in [-0.15, -0.1) is 5.10 Å². The lowest BCUT2D eigenvalue weighted by atomic mass is 10.1. The minimum atomic E-state index is -3.61. The van der Waals surface area contributed by atoms with Crippen LogP contribution in [0.25, 0.3) is 0 Å². The van der Waals surface area contributed by atoms with Crippen molar-refractivity contribution in [3.8, 4) is 5.75 Å². The first-order valence-corrected chi connectivity index (χ1v) is 9.01. The smallest absolute Gasteiger partial charge is 0.241 e. The summed E-state index contributed by atoms with van der Waals surface area (Å²) >= 11 is 0. The van der Waals surface area contributed by atoms with Gasteiger partial charge in [-0.3, -0.25) is 0 Å². The van der Waals surface area contributed by atoms with E-state index in [1.165, 1.54) is 7.11 Å². The average molecular weight is 350 g/mol. The van der Waals surface area contributed by atoms with Crippen molar-refractivity contribution in [2.24, 2.45) is 0 Å². The molecular weight excluding hydrogens is 328 g/mol. The molecule has 2 rings (SSSR count). The van der Waals surface area contributed by atoms with Crippen LogP contribution in [0.15, 0.2) is 29.2 Å². The summed E-state index contributed by atoms with van der Waals surface area (Å²) in [5.74, 6) is 1.15. The van der Waals surface area contributed by atoms with Gasteiger partial charge < -0.3 is 10.1 Å². The summed E-state index contributed by atoms with van der Waals surface area (Å²) in [5, 5.41) is 10.9. The fraction of sp³-hybridized carbons (Fsp3) is 0.375. The molecule has 0 bridgehead atoms. The van der Waals surface area contributed by atoms with E-state index in [1.807, 2.05) is 19.9 Å². The van der Waals surface area contributed by atoms with Crippen LogP contribution in [0.2, 0.25) is 0 Å². The Kier molecular flexibility index (Phi) is 5.74. The lowest BCUT2D eigenvalue weighted by molar-refractivity contribution is 0.410. The maximum absolute atomic E-state index is 12.5. The van der Waals surface area contributed by atoms with Crippen LogP contribution in [0, 0.1) is 20.8 Å². The lowest BCUT2D eigenvalue weighted by Crippen LogP contribution is -2.29. The number of methoxy groups -OCH3 is 1. The second-order valence-corrected chi connectivity index (χ2v) is 7.21. The number of benzene rings is 1. The molecule has 1 aromatic heterocycles. The zero-order valence-electron chi connectivity index (χ0n) is 14.3. The number of anilines is 1. The van der Waals surface area contributed by atoms with Crippen LogP contribution in [-0.4, -0.2) is 38.8 Å². The van der Waals surface area contributed by atoms with E-state index >= 15 is 0 Å². The Morgan fingerprint density at radius 3 is 2.42 bits per heavy atom. The van der Waals surface area contributed by atoms with Crippen LogP contribution in [0.3, 0.4) is 0 Å². The average Bonchev–Trinajstić information content (AvgIpc) is 2.53. The third-order valence-corrected chi connectivity index (χ3v) is 5.11. The molecule has 1 heterocycles. The Morgan fingerprint density at radius 1 is 1.04 bits per heavy atom. The lowest BCUT2D eigenvalue weighted by Gasteiger charge is -2.13. The molecule has 130 valence electrons. The maximum atomic E-state index is 12.5. The molecule has 0 radical (unpaired) electrons. The highest BCUT2D eigenvalue weighted by Crippen LogP contribution is 2.25. The van der Waals surface area contributed by atoms with E-state index in [4.69, 9.17) is 4.74 Å². The van der Waals surface area contributed by atoms with Crippen molar-refractivity contribution in [3.05, 3.63) is 41.1 Å². The summed E-state index contributed by atoms with van der Waals surface area (Å²) in [6, 6.07) is 6.98. The summed E-state index contributed by atoms with van der Waals surface area (Å²) in [6.07, 6.45) is 0. The van der Waals surface area contributed by atoms with E-state index in [0.29, 0.717) is 23.7 Å². The first kappa shape index (κ1) is 18.2. The largest absolute Gasteiger partial charge is 0.496 e. The monoisotopic (exact) mass is 350 g/mol. The molecule has 0 aliphatic carbocycles. The van der Waals surface area contributed by atoms with Crippen LogP contribution < -0.4 is 14.8 Å². The Balaban J connectivity index is 2.00. The summed E-state index contributed by atoms with van der Waals surface area (Å²) in [5.41, 5.74) is 2.40. The van der Waals surface area contributed by atoms with Crippen LogP contribution >= 0.6 is 0 Å². The summed E-state index contributed by atoms with van der Waals surface area (Å²) in [6.45, 7) is 6.12. The van der Waals surface area contributed by atoms with E-state index in [-0.39, 0.29) is 11.4 Å².